The van der Waals surface area contributed by atoms with E-state index in [1.165, 1.54) is 19.3 Å². The highest BCUT2D eigenvalue weighted by Crippen LogP contribution is 2.35. The minimum Gasteiger partial charge on any atom is -0.468 e. The summed E-state index contributed by atoms with van der Waals surface area (Å²) >= 11 is 0. The Morgan fingerprint density at radius 2 is 2.06 bits per heavy atom. The molecular formula is C13H19NO2. The smallest absolute Gasteiger partial charge is 0.117 e. The molecule has 1 saturated carbocycles. The van der Waals surface area contributed by atoms with Crippen LogP contribution in [0.25, 0.3) is 0 Å². The molecule has 3 nitrogen and oxygen atoms in total. The Hall–Kier alpha value is -0.800. The van der Waals surface area contributed by atoms with Gasteiger partial charge in [-0.2, -0.15) is 0 Å². The summed E-state index contributed by atoms with van der Waals surface area (Å²) < 4.78 is 5.38. The van der Waals surface area contributed by atoms with Crippen LogP contribution < -0.4 is 0 Å². The van der Waals surface area contributed by atoms with Gasteiger partial charge in [0.05, 0.1) is 18.9 Å². The number of nitrogens with zero attached hydrogens (tertiary/aromatic N) is 1. The van der Waals surface area contributed by atoms with Gasteiger partial charge in [0.15, 0.2) is 0 Å². The maximum Gasteiger partial charge on any atom is 0.117 e. The quantitative estimate of drug-likeness (QED) is 0.828. The van der Waals surface area contributed by atoms with E-state index in [2.05, 4.69) is 4.90 Å². The Labute approximate surface area is 96.1 Å². The number of furan rings is 1. The van der Waals surface area contributed by atoms with Crippen LogP contribution in [0.4, 0.5) is 0 Å². The number of rotatable bonds is 2. The van der Waals surface area contributed by atoms with Crippen LogP contribution in [0.2, 0.25) is 0 Å². The van der Waals surface area contributed by atoms with Crippen LogP contribution in [-0.4, -0.2) is 29.2 Å². The third-order valence-corrected chi connectivity index (χ3v) is 4.06. The van der Waals surface area contributed by atoms with Gasteiger partial charge in [-0.3, -0.25) is 4.90 Å². The summed E-state index contributed by atoms with van der Waals surface area (Å²) in [4.78, 5) is 2.43. The van der Waals surface area contributed by atoms with Crippen molar-refractivity contribution >= 4 is 0 Å². The molecule has 2 heterocycles. The highest BCUT2D eigenvalue weighted by Gasteiger charge is 2.38. The number of hydrogen-bond acceptors (Lipinski definition) is 3. The second-order valence-electron chi connectivity index (χ2n) is 5.22. The summed E-state index contributed by atoms with van der Waals surface area (Å²) in [6.07, 6.45) is 5.34. The monoisotopic (exact) mass is 221 g/mol. The van der Waals surface area contributed by atoms with E-state index in [0.29, 0.717) is 11.8 Å². The third-order valence-electron chi connectivity index (χ3n) is 4.06. The highest BCUT2D eigenvalue weighted by atomic mass is 16.3. The van der Waals surface area contributed by atoms with Crippen LogP contribution in [0, 0.1) is 11.8 Å². The number of aliphatic hydroxyl groups excluding tert-OH is 1. The first kappa shape index (κ1) is 10.4. The van der Waals surface area contributed by atoms with Gasteiger partial charge in [0, 0.05) is 13.1 Å². The van der Waals surface area contributed by atoms with Crippen LogP contribution in [0.3, 0.4) is 0 Å². The number of hydrogen-bond donors (Lipinski definition) is 1. The minimum absolute atomic E-state index is 0.0541. The molecule has 1 aliphatic heterocycles. The van der Waals surface area contributed by atoms with E-state index in [9.17, 15) is 5.11 Å². The van der Waals surface area contributed by atoms with Crippen molar-refractivity contribution in [3.63, 3.8) is 0 Å². The lowest BCUT2D eigenvalue weighted by Crippen LogP contribution is -2.50. The van der Waals surface area contributed by atoms with E-state index >= 15 is 0 Å². The Morgan fingerprint density at radius 1 is 1.31 bits per heavy atom. The van der Waals surface area contributed by atoms with E-state index < -0.39 is 0 Å². The van der Waals surface area contributed by atoms with Crippen LogP contribution >= 0.6 is 0 Å². The molecule has 0 amide bonds. The fourth-order valence-electron chi connectivity index (χ4n) is 3.26. The minimum atomic E-state index is -0.0541. The molecule has 3 heteroatoms. The lowest BCUT2D eigenvalue weighted by Gasteiger charge is -2.44. The Bertz CT molecular complexity index is 322. The zero-order valence-corrected chi connectivity index (χ0v) is 9.51. The molecule has 1 aromatic heterocycles. The van der Waals surface area contributed by atoms with Crippen molar-refractivity contribution in [2.24, 2.45) is 11.8 Å². The van der Waals surface area contributed by atoms with Crippen LogP contribution in [0.5, 0.6) is 0 Å². The van der Waals surface area contributed by atoms with Crippen LogP contribution in [-0.2, 0) is 6.54 Å². The fraction of sp³-hybridized carbons (Fsp3) is 0.692. The van der Waals surface area contributed by atoms with Crippen molar-refractivity contribution in [1.29, 1.82) is 0 Å². The SMILES string of the molecule is OC1C2CCCC1CN(Cc1ccco1)C2. The molecule has 1 aliphatic carbocycles. The zero-order valence-electron chi connectivity index (χ0n) is 9.51. The molecule has 2 atom stereocenters. The zero-order chi connectivity index (χ0) is 11.0. The Balaban J connectivity index is 1.66. The normalized spacial score (nSPS) is 35.2. The Kier molecular flexibility index (Phi) is 2.74. The van der Waals surface area contributed by atoms with E-state index in [1.807, 2.05) is 12.1 Å². The highest BCUT2D eigenvalue weighted by molar-refractivity contribution is 4.99. The summed E-state index contributed by atoms with van der Waals surface area (Å²) in [5.74, 6) is 2.01. The lowest BCUT2D eigenvalue weighted by atomic mass is 9.75. The average Bonchev–Trinajstić information content (AvgIpc) is 2.72. The molecule has 2 fully saturated rings. The van der Waals surface area contributed by atoms with Gasteiger partial charge in [0.1, 0.15) is 5.76 Å². The predicted octanol–water partition coefficient (Wildman–Crippen LogP) is 1.87. The van der Waals surface area contributed by atoms with Gasteiger partial charge in [-0.1, -0.05) is 6.42 Å². The average molecular weight is 221 g/mol. The molecule has 2 bridgehead atoms. The largest absolute Gasteiger partial charge is 0.468 e. The molecule has 3 rings (SSSR count). The first-order chi connectivity index (χ1) is 7.83. The topological polar surface area (TPSA) is 36.6 Å². The summed E-state index contributed by atoms with van der Waals surface area (Å²) in [5.41, 5.74) is 0. The van der Waals surface area contributed by atoms with Crippen molar-refractivity contribution < 1.29 is 9.52 Å². The van der Waals surface area contributed by atoms with E-state index in [-0.39, 0.29) is 6.10 Å². The van der Waals surface area contributed by atoms with Gasteiger partial charge in [0.2, 0.25) is 0 Å². The van der Waals surface area contributed by atoms with Crippen molar-refractivity contribution in [2.75, 3.05) is 13.1 Å². The maximum absolute atomic E-state index is 10.1. The van der Waals surface area contributed by atoms with E-state index in [4.69, 9.17) is 4.42 Å². The van der Waals surface area contributed by atoms with Gasteiger partial charge in [-0.05, 0) is 36.8 Å². The van der Waals surface area contributed by atoms with Crippen LogP contribution in [0.1, 0.15) is 25.0 Å². The lowest BCUT2D eigenvalue weighted by molar-refractivity contribution is -0.0531. The van der Waals surface area contributed by atoms with E-state index in [0.717, 1.165) is 25.4 Å². The first-order valence-corrected chi connectivity index (χ1v) is 6.26. The fourth-order valence-corrected chi connectivity index (χ4v) is 3.26. The van der Waals surface area contributed by atoms with Gasteiger partial charge in [-0.15, -0.1) is 0 Å². The second-order valence-corrected chi connectivity index (χ2v) is 5.22. The van der Waals surface area contributed by atoms with Crippen molar-refractivity contribution in [2.45, 2.75) is 31.9 Å². The summed E-state index contributed by atoms with van der Waals surface area (Å²) in [6.45, 7) is 2.95. The first-order valence-electron chi connectivity index (χ1n) is 6.26. The summed E-state index contributed by atoms with van der Waals surface area (Å²) in [5, 5.41) is 10.1. The number of aliphatic hydroxyl groups is 1. The number of piperidine rings is 1. The van der Waals surface area contributed by atoms with Crippen molar-refractivity contribution in [3.8, 4) is 0 Å². The molecule has 88 valence electrons. The third kappa shape index (κ3) is 1.89. The number of fused-ring (bicyclic) bond motifs is 2. The molecule has 1 aromatic rings. The molecule has 2 unspecified atom stereocenters. The predicted molar refractivity (Wildman–Crippen MR) is 60.8 cm³/mol. The molecule has 0 aromatic carbocycles. The summed E-state index contributed by atoms with van der Waals surface area (Å²) in [6, 6.07) is 3.97. The summed E-state index contributed by atoms with van der Waals surface area (Å²) in [7, 11) is 0. The standard InChI is InChI=1S/C13H19NO2/c15-13-10-3-1-4-11(13)8-14(7-10)9-12-5-2-6-16-12/h2,5-6,10-11,13,15H,1,3-4,7-9H2. The van der Waals surface area contributed by atoms with Crippen LogP contribution in [0.15, 0.2) is 22.8 Å². The maximum atomic E-state index is 10.1. The van der Waals surface area contributed by atoms with Crippen molar-refractivity contribution in [1.82, 2.24) is 4.90 Å². The van der Waals surface area contributed by atoms with E-state index in [1.54, 1.807) is 6.26 Å². The molecule has 1 N–H and O–H groups in total. The van der Waals surface area contributed by atoms with Gasteiger partial charge >= 0.3 is 0 Å². The number of likely N-dealkylation sites (tertiary alicyclic amines) is 1. The van der Waals surface area contributed by atoms with Gasteiger partial charge < -0.3 is 9.52 Å². The molecule has 0 spiro atoms. The molecule has 16 heavy (non-hydrogen) atoms. The van der Waals surface area contributed by atoms with Gasteiger partial charge in [-0.25, -0.2) is 0 Å². The van der Waals surface area contributed by atoms with Crippen molar-refractivity contribution in [3.05, 3.63) is 24.2 Å². The molecule has 1 saturated heterocycles. The van der Waals surface area contributed by atoms with Gasteiger partial charge in [0.25, 0.3) is 0 Å². The molecular weight excluding hydrogens is 202 g/mol. The Morgan fingerprint density at radius 3 is 2.69 bits per heavy atom. The molecule has 2 aliphatic rings. The molecule has 0 radical (unpaired) electrons. The second kappa shape index (κ2) is 4.22.